The number of hydrazone groups is 1. The summed E-state index contributed by atoms with van der Waals surface area (Å²) in [5.41, 5.74) is 5.26. The Hall–Kier alpha value is -3.25. The minimum Gasteiger partial charge on any atom is -0.423 e. The van der Waals surface area contributed by atoms with Crippen molar-refractivity contribution in [2.24, 2.45) is 5.10 Å². The maximum atomic E-state index is 12.1. The monoisotopic (exact) mass is 436 g/mol. The number of halogens is 1. The van der Waals surface area contributed by atoms with E-state index >= 15 is 0 Å². The maximum absolute atomic E-state index is 12.1. The number of hydrogen-bond donors (Lipinski definition) is 1. The van der Waals surface area contributed by atoms with Crippen molar-refractivity contribution in [2.75, 3.05) is 0 Å². The Morgan fingerprint density at radius 3 is 2.36 bits per heavy atom. The number of nitrogens with one attached hydrogen (secondary N) is 1. The number of amides is 1. The fourth-order valence-corrected chi connectivity index (χ4v) is 2.65. The highest BCUT2D eigenvalue weighted by Crippen LogP contribution is 2.15. The van der Waals surface area contributed by atoms with Crippen molar-refractivity contribution in [1.29, 1.82) is 0 Å². The van der Waals surface area contributed by atoms with Crippen LogP contribution in [0.5, 0.6) is 5.75 Å². The average Bonchev–Trinajstić information content (AvgIpc) is 2.69. The van der Waals surface area contributed by atoms with Crippen LogP contribution < -0.4 is 10.2 Å². The lowest BCUT2D eigenvalue weighted by atomic mass is 10.1. The molecule has 0 spiro atoms. The summed E-state index contributed by atoms with van der Waals surface area (Å²) in [7, 11) is 0. The van der Waals surface area contributed by atoms with Crippen molar-refractivity contribution < 1.29 is 14.3 Å². The van der Waals surface area contributed by atoms with E-state index in [0.29, 0.717) is 16.9 Å². The van der Waals surface area contributed by atoms with Crippen molar-refractivity contribution >= 4 is 34.0 Å². The van der Waals surface area contributed by atoms with Crippen LogP contribution in [0, 0.1) is 6.92 Å². The quantitative estimate of drug-likeness (QED) is 0.271. The molecule has 0 saturated heterocycles. The molecule has 0 aromatic heterocycles. The lowest BCUT2D eigenvalue weighted by molar-refractivity contribution is 0.0734. The molecule has 28 heavy (non-hydrogen) atoms. The van der Waals surface area contributed by atoms with Crippen LogP contribution in [-0.4, -0.2) is 18.1 Å². The Labute approximate surface area is 171 Å². The molecule has 3 aromatic rings. The first-order valence-corrected chi connectivity index (χ1v) is 9.28. The molecular weight excluding hydrogens is 420 g/mol. The number of benzene rings is 3. The lowest BCUT2D eigenvalue weighted by Gasteiger charge is -2.05. The van der Waals surface area contributed by atoms with Crippen LogP contribution in [0.15, 0.2) is 82.4 Å². The van der Waals surface area contributed by atoms with Crippen molar-refractivity contribution in [3.63, 3.8) is 0 Å². The first kappa shape index (κ1) is 19.5. The maximum Gasteiger partial charge on any atom is 0.343 e. The average molecular weight is 437 g/mol. The zero-order valence-electron chi connectivity index (χ0n) is 15.1. The largest absolute Gasteiger partial charge is 0.423 e. The Bertz CT molecular complexity index is 1010. The summed E-state index contributed by atoms with van der Waals surface area (Å²) >= 11 is 3.32. The summed E-state index contributed by atoms with van der Waals surface area (Å²) in [5.74, 6) is -0.284. The lowest BCUT2D eigenvalue weighted by Crippen LogP contribution is -2.17. The van der Waals surface area contributed by atoms with E-state index in [-0.39, 0.29) is 5.91 Å². The van der Waals surface area contributed by atoms with Crippen LogP contribution in [-0.2, 0) is 0 Å². The zero-order chi connectivity index (χ0) is 19.9. The summed E-state index contributed by atoms with van der Waals surface area (Å²) in [5, 5.41) is 3.96. The van der Waals surface area contributed by atoms with Crippen LogP contribution in [0.1, 0.15) is 31.8 Å². The van der Waals surface area contributed by atoms with Gasteiger partial charge in [-0.05, 0) is 73.2 Å². The van der Waals surface area contributed by atoms with Gasteiger partial charge in [-0.3, -0.25) is 4.79 Å². The molecule has 0 aliphatic heterocycles. The summed E-state index contributed by atoms with van der Waals surface area (Å²) in [6, 6.07) is 21.0. The van der Waals surface area contributed by atoms with Gasteiger partial charge < -0.3 is 4.74 Å². The van der Waals surface area contributed by atoms with Gasteiger partial charge in [0.15, 0.2) is 0 Å². The first-order chi connectivity index (χ1) is 13.5. The van der Waals surface area contributed by atoms with E-state index < -0.39 is 5.97 Å². The Morgan fingerprint density at radius 1 is 0.964 bits per heavy atom. The van der Waals surface area contributed by atoms with Gasteiger partial charge in [-0.2, -0.15) is 5.10 Å². The minimum absolute atomic E-state index is 0.278. The summed E-state index contributed by atoms with van der Waals surface area (Å²) < 4.78 is 6.23. The first-order valence-electron chi connectivity index (χ1n) is 8.49. The summed E-state index contributed by atoms with van der Waals surface area (Å²) in [6.45, 7) is 1.92. The van der Waals surface area contributed by atoms with Crippen molar-refractivity contribution in [1.82, 2.24) is 5.43 Å². The highest BCUT2D eigenvalue weighted by Gasteiger charge is 2.08. The Balaban J connectivity index is 1.56. The van der Waals surface area contributed by atoms with Gasteiger partial charge in [0.1, 0.15) is 5.75 Å². The van der Waals surface area contributed by atoms with Gasteiger partial charge in [0.2, 0.25) is 0 Å². The molecule has 0 aliphatic rings. The predicted octanol–water partition coefficient (Wildman–Crippen LogP) is 4.74. The highest BCUT2D eigenvalue weighted by atomic mass is 79.9. The van der Waals surface area contributed by atoms with E-state index in [0.717, 1.165) is 15.6 Å². The molecular formula is C22H17BrN2O3. The molecule has 0 unspecified atom stereocenters. The topological polar surface area (TPSA) is 67.8 Å². The van der Waals surface area contributed by atoms with Crippen molar-refractivity contribution in [3.8, 4) is 5.75 Å². The van der Waals surface area contributed by atoms with Crippen LogP contribution >= 0.6 is 15.9 Å². The van der Waals surface area contributed by atoms with Crippen molar-refractivity contribution in [3.05, 3.63) is 99.5 Å². The molecule has 5 nitrogen and oxygen atoms in total. The van der Waals surface area contributed by atoms with E-state index in [2.05, 4.69) is 26.5 Å². The number of nitrogens with zero attached hydrogens (tertiary/aromatic N) is 1. The second kappa shape index (κ2) is 9.10. The smallest absolute Gasteiger partial charge is 0.343 e. The van der Waals surface area contributed by atoms with E-state index in [1.165, 1.54) is 6.21 Å². The number of carbonyl (C=O) groups is 2. The Morgan fingerprint density at radius 2 is 1.68 bits per heavy atom. The SMILES string of the molecule is Cc1cccc(C(=O)NN=Cc2ccc(OC(=O)c3ccc(Br)cc3)cc2)c1. The van der Waals surface area contributed by atoms with E-state index in [1.807, 2.05) is 19.1 Å². The van der Waals surface area contributed by atoms with Gasteiger partial charge >= 0.3 is 5.97 Å². The Kier molecular flexibility index (Phi) is 6.34. The van der Waals surface area contributed by atoms with Gasteiger partial charge in [0.05, 0.1) is 11.8 Å². The van der Waals surface area contributed by atoms with Crippen LogP contribution in [0.25, 0.3) is 0 Å². The molecule has 3 aromatic carbocycles. The number of rotatable bonds is 5. The molecule has 1 amide bonds. The van der Waals surface area contributed by atoms with Crippen LogP contribution in [0.2, 0.25) is 0 Å². The van der Waals surface area contributed by atoms with Gasteiger partial charge in [0.25, 0.3) is 5.91 Å². The fraction of sp³-hybridized carbons (Fsp3) is 0.0455. The summed E-state index contributed by atoms with van der Waals surface area (Å²) in [4.78, 5) is 24.1. The second-order valence-electron chi connectivity index (χ2n) is 6.03. The normalized spacial score (nSPS) is 10.6. The number of ether oxygens (including phenoxy) is 1. The molecule has 3 rings (SSSR count). The van der Waals surface area contributed by atoms with Crippen molar-refractivity contribution in [2.45, 2.75) is 6.92 Å². The third-order valence-electron chi connectivity index (χ3n) is 3.83. The third kappa shape index (κ3) is 5.37. The molecule has 140 valence electrons. The molecule has 0 heterocycles. The summed E-state index contributed by atoms with van der Waals surface area (Å²) in [6.07, 6.45) is 1.52. The number of hydrogen-bond acceptors (Lipinski definition) is 4. The zero-order valence-corrected chi connectivity index (χ0v) is 16.6. The van der Waals surface area contributed by atoms with Gasteiger partial charge in [-0.25, -0.2) is 10.2 Å². The molecule has 1 N–H and O–H groups in total. The van der Waals surface area contributed by atoms with Gasteiger partial charge in [-0.15, -0.1) is 0 Å². The molecule has 0 atom stereocenters. The minimum atomic E-state index is -0.431. The molecule has 0 fully saturated rings. The fourth-order valence-electron chi connectivity index (χ4n) is 2.39. The van der Waals surface area contributed by atoms with Gasteiger partial charge in [0, 0.05) is 10.0 Å². The van der Waals surface area contributed by atoms with E-state index in [1.54, 1.807) is 60.7 Å². The molecule has 0 bridgehead atoms. The second-order valence-corrected chi connectivity index (χ2v) is 6.95. The van der Waals surface area contributed by atoms with Gasteiger partial charge in [-0.1, -0.05) is 33.6 Å². The van der Waals surface area contributed by atoms with E-state index in [9.17, 15) is 9.59 Å². The highest BCUT2D eigenvalue weighted by molar-refractivity contribution is 9.10. The number of aryl methyl sites for hydroxylation is 1. The van der Waals surface area contributed by atoms with Crippen LogP contribution in [0.4, 0.5) is 0 Å². The van der Waals surface area contributed by atoms with E-state index in [4.69, 9.17) is 4.74 Å². The molecule has 0 aliphatic carbocycles. The third-order valence-corrected chi connectivity index (χ3v) is 4.36. The number of esters is 1. The number of carbonyl (C=O) groups excluding carboxylic acids is 2. The molecule has 0 saturated carbocycles. The van der Waals surface area contributed by atoms with Crippen LogP contribution in [0.3, 0.4) is 0 Å². The molecule has 0 radical (unpaired) electrons. The standard InChI is InChI=1S/C22H17BrN2O3/c1-15-3-2-4-18(13-15)21(26)25-24-14-16-5-11-20(12-6-16)28-22(27)17-7-9-19(23)10-8-17/h2-14H,1H3,(H,25,26). The predicted molar refractivity (Wildman–Crippen MR) is 112 cm³/mol. The molecule has 6 heteroatoms.